The van der Waals surface area contributed by atoms with Crippen molar-refractivity contribution in [3.63, 3.8) is 0 Å². The minimum absolute atomic E-state index is 0.101. The van der Waals surface area contributed by atoms with Crippen molar-refractivity contribution < 1.29 is 14.3 Å². The summed E-state index contributed by atoms with van der Waals surface area (Å²) < 4.78 is 12.8. The van der Waals surface area contributed by atoms with Gasteiger partial charge in [-0.25, -0.2) is 4.68 Å². The first-order chi connectivity index (χ1) is 15.8. The van der Waals surface area contributed by atoms with Crippen LogP contribution in [0.1, 0.15) is 69.7 Å². The average Bonchev–Trinajstić information content (AvgIpc) is 2.79. The Bertz CT molecular complexity index is 1180. The molecule has 3 rings (SSSR count). The lowest BCUT2D eigenvalue weighted by atomic mass is 9.95. The highest BCUT2D eigenvalue weighted by atomic mass is 16.5. The number of hydrogen-bond acceptors (Lipinski definition) is 5. The fraction of sp³-hybridized carbons (Fsp3) is 0.423. The van der Waals surface area contributed by atoms with Gasteiger partial charge in [0.05, 0.1) is 30.7 Å². The number of carbonyl (C=O) groups is 1. The molecular weight excluding hydrogens is 418 g/mol. The summed E-state index contributed by atoms with van der Waals surface area (Å²) in [4.78, 5) is 26.3. The number of nitrogens with one attached hydrogen (secondary N) is 1. The predicted molar refractivity (Wildman–Crippen MR) is 130 cm³/mol. The van der Waals surface area contributed by atoms with E-state index in [9.17, 15) is 9.59 Å². The van der Waals surface area contributed by atoms with E-state index in [-0.39, 0.29) is 35.2 Å². The van der Waals surface area contributed by atoms with Crippen molar-refractivity contribution >= 4 is 16.7 Å². The Morgan fingerprint density at radius 3 is 2.21 bits per heavy atom. The Kier molecular flexibility index (Phi) is 7.74. The Morgan fingerprint density at radius 1 is 0.970 bits per heavy atom. The first kappa shape index (κ1) is 24.3. The van der Waals surface area contributed by atoms with Gasteiger partial charge in [-0.2, -0.15) is 5.10 Å². The highest BCUT2D eigenvalue weighted by Crippen LogP contribution is 2.33. The summed E-state index contributed by atoms with van der Waals surface area (Å²) in [5.41, 5.74) is 0.942. The Hall–Kier alpha value is -3.35. The van der Waals surface area contributed by atoms with Crippen molar-refractivity contribution in [3.05, 3.63) is 64.1 Å². The lowest BCUT2D eigenvalue weighted by Crippen LogP contribution is -2.35. The maximum atomic E-state index is 13.5. The monoisotopic (exact) mass is 451 g/mol. The predicted octanol–water partition coefficient (Wildman–Crippen LogP) is 4.90. The van der Waals surface area contributed by atoms with Crippen molar-refractivity contribution in [2.45, 2.75) is 53.6 Å². The van der Waals surface area contributed by atoms with Crippen molar-refractivity contribution in [1.82, 2.24) is 15.1 Å². The topological polar surface area (TPSA) is 82.5 Å². The number of aromatic nitrogens is 2. The van der Waals surface area contributed by atoms with E-state index in [1.54, 1.807) is 24.3 Å². The van der Waals surface area contributed by atoms with E-state index in [0.29, 0.717) is 35.5 Å². The van der Waals surface area contributed by atoms with E-state index < -0.39 is 0 Å². The third-order valence-electron chi connectivity index (χ3n) is 5.41. The number of nitrogens with zero attached hydrogens (tertiary/aromatic N) is 2. The molecule has 0 fully saturated rings. The summed E-state index contributed by atoms with van der Waals surface area (Å²) in [5.74, 6) is 1.09. The molecule has 1 N–H and O–H groups in total. The zero-order valence-corrected chi connectivity index (χ0v) is 20.2. The van der Waals surface area contributed by atoms with Crippen molar-refractivity contribution in [2.24, 2.45) is 5.92 Å². The van der Waals surface area contributed by atoms with Crippen LogP contribution in [0.25, 0.3) is 10.8 Å². The second-order valence-corrected chi connectivity index (χ2v) is 8.51. The van der Waals surface area contributed by atoms with Crippen LogP contribution in [-0.2, 0) is 0 Å². The molecule has 0 aliphatic heterocycles. The summed E-state index contributed by atoms with van der Waals surface area (Å²) in [6, 6.07) is 12.4. The smallest absolute Gasteiger partial charge is 0.274 e. The lowest BCUT2D eigenvalue weighted by Gasteiger charge is -2.24. The van der Waals surface area contributed by atoms with E-state index in [4.69, 9.17) is 9.47 Å². The van der Waals surface area contributed by atoms with E-state index in [1.807, 2.05) is 59.7 Å². The normalized spacial score (nSPS) is 12.2. The molecule has 3 aromatic rings. The van der Waals surface area contributed by atoms with Crippen LogP contribution in [-0.4, -0.2) is 28.9 Å². The summed E-state index contributed by atoms with van der Waals surface area (Å²) in [7, 11) is 0. The highest BCUT2D eigenvalue weighted by molar-refractivity contribution is 6.04. The van der Waals surface area contributed by atoms with Crippen LogP contribution in [0.15, 0.2) is 47.3 Å². The number of hydrogen-bond donors (Lipinski definition) is 1. The van der Waals surface area contributed by atoms with Crippen LogP contribution in [0, 0.1) is 5.92 Å². The molecule has 1 heterocycles. The maximum Gasteiger partial charge on any atom is 0.274 e. The van der Waals surface area contributed by atoms with Crippen LogP contribution >= 0.6 is 0 Å². The minimum atomic E-state index is -0.328. The van der Waals surface area contributed by atoms with Crippen LogP contribution < -0.4 is 20.3 Å². The molecule has 0 aliphatic carbocycles. The second-order valence-electron chi connectivity index (χ2n) is 8.51. The number of benzene rings is 2. The largest absolute Gasteiger partial charge is 0.490 e. The van der Waals surface area contributed by atoms with Crippen LogP contribution in [0.5, 0.6) is 11.5 Å². The summed E-state index contributed by atoms with van der Waals surface area (Å²) in [6.45, 7) is 12.7. The van der Waals surface area contributed by atoms with Crippen molar-refractivity contribution in [1.29, 1.82) is 0 Å². The number of carbonyl (C=O) groups excluding carboxylic acids is 1. The van der Waals surface area contributed by atoms with Crippen LogP contribution in [0.2, 0.25) is 0 Å². The average molecular weight is 452 g/mol. The molecule has 1 atom stereocenters. The van der Waals surface area contributed by atoms with Crippen LogP contribution in [0.3, 0.4) is 0 Å². The van der Waals surface area contributed by atoms with E-state index in [1.165, 1.54) is 4.68 Å². The Balaban J connectivity index is 2.03. The van der Waals surface area contributed by atoms with E-state index in [2.05, 4.69) is 10.4 Å². The molecule has 0 saturated heterocycles. The first-order valence-corrected chi connectivity index (χ1v) is 11.5. The number of fused-ring (bicyclic) bond motifs is 1. The van der Waals surface area contributed by atoms with E-state index in [0.717, 1.165) is 5.56 Å². The molecule has 0 aliphatic rings. The molecule has 1 amide bonds. The Labute approximate surface area is 194 Å². The fourth-order valence-electron chi connectivity index (χ4n) is 3.83. The van der Waals surface area contributed by atoms with Gasteiger partial charge in [-0.05, 0) is 57.4 Å². The number of amides is 1. The molecule has 7 heteroatoms. The minimum Gasteiger partial charge on any atom is -0.490 e. The number of rotatable bonds is 9. The van der Waals surface area contributed by atoms with Crippen molar-refractivity contribution in [2.75, 3.05) is 13.2 Å². The zero-order chi connectivity index (χ0) is 24.1. The zero-order valence-electron chi connectivity index (χ0n) is 20.2. The van der Waals surface area contributed by atoms with Gasteiger partial charge in [0, 0.05) is 5.39 Å². The van der Waals surface area contributed by atoms with Gasteiger partial charge in [0.2, 0.25) is 0 Å². The fourth-order valence-corrected chi connectivity index (χ4v) is 3.83. The molecule has 0 bridgehead atoms. The molecule has 0 saturated carbocycles. The van der Waals surface area contributed by atoms with Gasteiger partial charge in [-0.15, -0.1) is 0 Å². The van der Waals surface area contributed by atoms with Gasteiger partial charge in [0.15, 0.2) is 17.2 Å². The van der Waals surface area contributed by atoms with Gasteiger partial charge >= 0.3 is 0 Å². The third-order valence-corrected chi connectivity index (χ3v) is 5.41. The van der Waals surface area contributed by atoms with Gasteiger partial charge < -0.3 is 14.8 Å². The Morgan fingerprint density at radius 2 is 1.61 bits per heavy atom. The highest BCUT2D eigenvalue weighted by Gasteiger charge is 2.24. The first-order valence-electron chi connectivity index (χ1n) is 11.5. The molecule has 1 unspecified atom stereocenters. The molecule has 176 valence electrons. The molecule has 1 aromatic heterocycles. The summed E-state index contributed by atoms with van der Waals surface area (Å²) in [6.07, 6.45) is 0. The van der Waals surface area contributed by atoms with Gasteiger partial charge in [-0.1, -0.05) is 38.1 Å². The molecule has 0 spiro atoms. The molecular formula is C26H33N3O4. The SMILES string of the molecule is CCOc1ccc(C(NC(=O)c2nn(C(C)C)c(=O)c3ccccc23)C(C)C)cc1OCC. The summed E-state index contributed by atoms with van der Waals surface area (Å²) >= 11 is 0. The standard InChI is InChI=1S/C26H33N3O4/c1-7-32-21-14-13-18(15-22(21)33-8-2)23(16(3)4)27-25(30)24-19-11-9-10-12-20(19)26(31)29(28-24)17(5)6/h9-17,23H,7-8H2,1-6H3,(H,27,30). The third kappa shape index (κ3) is 5.18. The van der Waals surface area contributed by atoms with E-state index >= 15 is 0 Å². The molecule has 7 nitrogen and oxygen atoms in total. The number of ether oxygens (including phenoxy) is 2. The second kappa shape index (κ2) is 10.5. The molecule has 2 aromatic carbocycles. The van der Waals surface area contributed by atoms with Crippen LogP contribution in [0.4, 0.5) is 0 Å². The lowest BCUT2D eigenvalue weighted by molar-refractivity contribution is 0.0919. The quantitative estimate of drug-likeness (QED) is 0.500. The molecule has 33 heavy (non-hydrogen) atoms. The van der Waals surface area contributed by atoms with Crippen molar-refractivity contribution in [3.8, 4) is 11.5 Å². The maximum absolute atomic E-state index is 13.5. The van der Waals surface area contributed by atoms with Gasteiger partial charge in [0.1, 0.15) is 0 Å². The summed E-state index contributed by atoms with van der Waals surface area (Å²) in [5, 5.41) is 8.59. The van der Waals surface area contributed by atoms with Gasteiger partial charge in [-0.3, -0.25) is 9.59 Å². The van der Waals surface area contributed by atoms with Gasteiger partial charge in [0.25, 0.3) is 11.5 Å². The molecule has 0 radical (unpaired) electrons.